The van der Waals surface area contributed by atoms with Crippen LogP contribution in [0.25, 0.3) is 0 Å². The van der Waals surface area contributed by atoms with E-state index >= 15 is 0 Å². The molecule has 18 heavy (non-hydrogen) atoms. The number of rotatable bonds is 1. The Kier molecular flexibility index (Phi) is 3.21. The number of carbonyl (C=O) groups is 1. The summed E-state index contributed by atoms with van der Waals surface area (Å²) in [7, 11) is 0. The molecule has 0 fully saturated rings. The molecular weight excluding hydrogens is 250 g/mol. The van der Waals surface area contributed by atoms with Gasteiger partial charge in [-0.2, -0.15) is 0 Å². The van der Waals surface area contributed by atoms with E-state index in [2.05, 4.69) is 4.99 Å². The molecule has 5 heteroatoms. The molecule has 0 atom stereocenters. The molecule has 1 aromatic rings. The predicted octanol–water partition coefficient (Wildman–Crippen LogP) is 2.28. The number of allylic oxidation sites excluding steroid dienone is 3. The molecule has 0 aliphatic heterocycles. The molecule has 4 nitrogen and oxygen atoms in total. The Hall–Kier alpha value is -2.07. The molecule has 0 bridgehead atoms. The van der Waals surface area contributed by atoms with Crippen LogP contribution in [0.15, 0.2) is 51.6 Å². The summed E-state index contributed by atoms with van der Waals surface area (Å²) in [5, 5.41) is 0.0178. The zero-order chi connectivity index (χ0) is 13.3. The van der Waals surface area contributed by atoms with Crippen LogP contribution in [-0.2, 0) is 4.79 Å². The number of halogens is 1. The van der Waals surface area contributed by atoms with Crippen molar-refractivity contribution < 1.29 is 4.79 Å². The van der Waals surface area contributed by atoms with E-state index < -0.39 is 0 Å². The highest BCUT2D eigenvalue weighted by Gasteiger charge is 2.21. The van der Waals surface area contributed by atoms with E-state index in [9.17, 15) is 4.79 Å². The average Bonchev–Trinajstić information content (AvgIpc) is 2.36. The third-order valence-corrected chi connectivity index (χ3v) is 2.94. The van der Waals surface area contributed by atoms with Gasteiger partial charge in [-0.25, -0.2) is 4.99 Å². The first kappa shape index (κ1) is 12.4. The summed E-state index contributed by atoms with van der Waals surface area (Å²) >= 11 is 5.86. The molecule has 0 saturated carbocycles. The number of hydrogen-bond donors (Lipinski definition) is 2. The quantitative estimate of drug-likeness (QED) is 0.601. The first-order chi connectivity index (χ1) is 8.49. The van der Waals surface area contributed by atoms with Gasteiger partial charge >= 0.3 is 0 Å². The molecule has 2 rings (SSSR count). The Morgan fingerprint density at radius 2 is 1.78 bits per heavy atom. The maximum absolute atomic E-state index is 11.6. The van der Waals surface area contributed by atoms with Crippen LogP contribution in [0.1, 0.15) is 6.92 Å². The zero-order valence-electron chi connectivity index (χ0n) is 9.77. The van der Waals surface area contributed by atoms with Crippen LogP contribution in [0, 0.1) is 0 Å². The van der Waals surface area contributed by atoms with Crippen LogP contribution in [-0.4, -0.2) is 11.5 Å². The summed E-state index contributed by atoms with van der Waals surface area (Å²) in [6, 6.07) is 7.02. The fourth-order valence-corrected chi connectivity index (χ4v) is 1.78. The number of nitrogen functional groups attached to an aromatic ring is 1. The standard InChI is InChI=1S/C13H12ClN3O/c1-7-6-10(12(16)11(14)13(7)18)17-9-4-2-8(15)3-5-9/h2-6H,15-16H2,1H3/b17-10-. The summed E-state index contributed by atoms with van der Waals surface area (Å²) in [6.07, 6.45) is 1.62. The minimum atomic E-state index is -0.259. The molecule has 0 spiro atoms. The summed E-state index contributed by atoms with van der Waals surface area (Å²) in [4.78, 5) is 15.9. The highest BCUT2D eigenvalue weighted by molar-refractivity contribution is 6.49. The summed E-state index contributed by atoms with van der Waals surface area (Å²) in [5.74, 6) is -0.259. The van der Waals surface area contributed by atoms with Gasteiger partial charge in [-0.3, -0.25) is 4.79 Å². The zero-order valence-corrected chi connectivity index (χ0v) is 10.5. The van der Waals surface area contributed by atoms with Crippen molar-refractivity contribution in [3.63, 3.8) is 0 Å². The van der Waals surface area contributed by atoms with Gasteiger partial charge in [-0.1, -0.05) is 11.6 Å². The molecule has 92 valence electrons. The molecule has 1 aromatic carbocycles. The van der Waals surface area contributed by atoms with E-state index in [1.165, 1.54) is 0 Å². The highest BCUT2D eigenvalue weighted by atomic mass is 35.5. The number of carbonyl (C=O) groups excluding carboxylic acids is 1. The van der Waals surface area contributed by atoms with Crippen molar-refractivity contribution in [2.75, 3.05) is 5.73 Å². The number of ketones is 1. The predicted molar refractivity (Wildman–Crippen MR) is 73.8 cm³/mol. The fraction of sp³-hybridized carbons (Fsp3) is 0.0769. The van der Waals surface area contributed by atoms with Gasteiger partial charge in [-0.15, -0.1) is 0 Å². The van der Waals surface area contributed by atoms with Crippen molar-refractivity contribution in [1.82, 2.24) is 0 Å². The Bertz CT molecular complexity index is 597. The largest absolute Gasteiger partial charge is 0.399 e. The van der Waals surface area contributed by atoms with Gasteiger partial charge in [0.25, 0.3) is 0 Å². The number of anilines is 1. The number of benzene rings is 1. The normalized spacial score (nSPS) is 18.2. The van der Waals surface area contributed by atoms with Crippen LogP contribution in [0.5, 0.6) is 0 Å². The van der Waals surface area contributed by atoms with Crippen molar-refractivity contribution in [1.29, 1.82) is 0 Å². The Balaban J connectivity index is 2.45. The van der Waals surface area contributed by atoms with Crippen LogP contribution < -0.4 is 11.5 Å². The fourth-order valence-electron chi connectivity index (χ4n) is 1.54. The molecular formula is C13H12ClN3O. The smallest absolute Gasteiger partial charge is 0.202 e. The van der Waals surface area contributed by atoms with E-state index in [1.54, 1.807) is 37.3 Å². The summed E-state index contributed by atoms with van der Waals surface area (Å²) < 4.78 is 0. The van der Waals surface area contributed by atoms with Crippen molar-refractivity contribution in [2.45, 2.75) is 6.92 Å². The lowest BCUT2D eigenvalue weighted by atomic mass is 10.0. The third-order valence-electron chi connectivity index (χ3n) is 2.57. The Morgan fingerprint density at radius 1 is 1.17 bits per heavy atom. The first-order valence-electron chi connectivity index (χ1n) is 5.32. The van der Waals surface area contributed by atoms with Gasteiger partial charge in [0.2, 0.25) is 5.78 Å². The third kappa shape index (κ3) is 2.28. The van der Waals surface area contributed by atoms with Gasteiger partial charge < -0.3 is 11.5 Å². The Labute approximate surface area is 110 Å². The second-order valence-corrected chi connectivity index (χ2v) is 4.35. The topological polar surface area (TPSA) is 81.5 Å². The SMILES string of the molecule is CC1=C/C(=N/c2ccc(N)cc2)C(N)=C(Cl)C1=O. The summed E-state index contributed by atoms with van der Waals surface area (Å²) in [6.45, 7) is 1.68. The van der Waals surface area contributed by atoms with E-state index in [4.69, 9.17) is 23.1 Å². The molecule has 4 N–H and O–H groups in total. The maximum atomic E-state index is 11.6. The van der Waals surface area contributed by atoms with Crippen LogP contribution in [0.4, 0.5) is 11.4 Å². The van der Waals surface area contributed by atoms with E-state index in [1.807, 2.05) is 0 Å². The maximum Gasteiger partial charge on any atom is 0.202 e. The molecule has 1 aliphatic carbocycles. The number of Topliss-reactive ketones (excluding diaryl/α,β-unsaturated/α-hetero) is 1. The van der Waals surface area contributed by atoms with Crippen molar-refractivity contribution in [2.24, 2.45) is 10.7 Å². The molecule has 0 unspecified atom stereocenters. The minimum Gasteiger partial charge on any atom is -0.399 e. The van der Waals surface area contributed by atoms with Gasteiger partial charge in [0.1, 0.15) is 5.03 Å². The van der Waals surface area contributed by atoms with Gasteiger partial charge in [0.05, 0.1) is 17.1 Å². The Morgan fingerprint density at radius 3 is 2.39 bits per heavy atom. The number of aliphatic imine (C=N–C) groups is 1. The van der Waals surface area contributed by atoms with Crippen LogP contribution in [0.3, 0.4) is 0 Å². The number of nitrogens with zero attached hydrogens (tertiary/aromatic N) is 1. The van der Waals surface area contributed by atoms with Crippen LogP contribution in [0.2, 0.25) is 0 Å². The molecule has 0 heterocycles. The molecule has 0 radical (unpaired) electrons. The average molecular weight is 262 g/mol. The number of nitrogens with two attached hydrogens (primary N) is 2. The van der Waals surface area contributed by atoms with Gasteiger partial charge in [0.15, 0.2) is 0 Å². The van der Waals surface area contributed by atoms with Crippen molar-refractivity contribution >= 4 is 34.5 Å². The van der Waals surface area contributed by atoms with Crippen molar-refractivity contribution in [3.05, 3.63) is 46.6 Å². The second kappa shape index (κ2) is 4.66. The van der Waals surface area contributed by atoms with E-state index in [-0.39, 0.29) is 16.5 Å². The van der Waals surface area contributed by atoms with Crippen LogP contribution >= 0.6 is 11.6 Å². The second-order valence-electron chi connectivity index (χ2n) is 3.97. The van der Waals surface area contributed by atoms with Gasteiger partial charge in [0, 0.05) is 11.3 Å². The lowest BCUT2D eigenvalue weighted by Gasteiger charge is -2.12. The highest BCUT2D eigenvalue weighted by Crippen LogP contribution is 2.23. The molecule has 1 aliphatic rings. The first-order valence-corrected chi connectivity index (χ1v) is 5.69. The van der Waals surface area contributed by atoms with Crippen molar-refractivity contribution in [3.8, 4) is 0 Å². The van der Waals surface area contributed by atoms with E-state index in [0.717, 1.165) is 0 Å². The lowest BCUT2D eigenvalue weighted by Crippen LogP contribution is -2.20. The van der Waals surface area contributed by atoms with E-state index in [0.29, 0.717) is 22.7 Å². The summed E-state index contributed by atoms with van der Waals surface area (Å²) in [5.41, 5.74) is 13.9. The number of hydrogen-bond acceptors (Lipinski definition) is 4. The lowest BCUT2D eigenvalue weighted by molar-refractivity contribution is -0.111. The van der Waals surface area contributed by atoms with Gasteiger partial charge in [-0.05, 0) is 37.3 Å². The molecule has 0 amide bonds. The molecule has 0 aromatic heterocycles. The minimum absolute atomic E-state index is 0.0178. The monoisotopic (exact) mass is 261 g/mol. The molecule has 0 saturated heterocycles.